The molecule has 0 bridgehead atoms. The van der Waals surface area contributed by atoms with Crippen LogP contribution in [0.2, 0.25) is 0 Å². The second-order valence-corrected chi connectivity index (χ2v) is 7.50. The maximum atomic E-state index is 12.6. The van der Waals surface area contributed by atoms with Gasteiger partial charge in [0.15, 0.2) is 4.75 Å². The Morgan fingerprint density at radius 1 is 1.53 bits per heavy atom. The lowest BCUT2D eigenvalue weighted by molar-refractivity contribution is -0.137. The lowest BCUT2D eigenvalue weighted by Crippen LogP contribution is -2.77. The van der Waals surface area contributed by atoms with Crippen molar-refractivity contribution in [1.82, 2.24) is 5.32 Å². The molecule has 1 amide bonds. The fourth-order valence-corrected chi connectivity index (χ4v) is 5.45. The van der Waals surface area contributed by atoms with Gasteiger partial charge in [-0.3, -0.25) is 9.00 Å². The normalized spacial score (nSPS) is 42.7. The zero-order valence-electron chi connectivity index (χ0n) is 11.2. The third-order valence-electron chi connectivity index (χ3n) is 4.77. The molecule has 1 aliphatic carbocycles. The summed E-state index contributed by atoms with van der Waals surface area (Å²) in [7, 11) is -1.42. The summed E-state index contributed by atoms with van der Waals surface area (Å²) in [6, 6.07) is -0.258. The third kappa shape index (κ3) is 1.48. The van der Waals surface area contributed by atoms with Crippen molar-refractivity contribution in [2.75, 3.05) is 0 Å². The Kier molecular flexibility index (Phi) is 2.94. The largest absolute Gasteiger partial charge is 0.390 e. The molecule has 0 aromatic carbocycles. The average Bonchev–Trinajstić information content (AvgIpc) is 2.57. The molecule has 4 nitrogen and oxygen atoms in total. The number of aliphatic hydroxyl groups is 1. The van der Waals surface area contributed by atoms with Gasteiger partial charge in [0.25, 0.3) is 0 Å². The summed E-state index contributed by atoms with van der Waals surface area (Å²) in [4.78, 5) is 12.8. The zero-order chi connectivity index (χ0) is 13.8. The lowest BCUT2D eigenvalue weighted by atomic mass is 9.74. The molecule has 19 heavy (non-hydrogen) atoms. The lowest BCUT2D eigenvalue weighted by Gasteiger charge is -2.48. The molecule has 0 radical (unpaired) electrons. The molecule has 2 unspecified atom stereocenters. The number of rotatable bonds is 2. The molecule has 1 saturated heterocycles. The monoisotopic (exact) mass is 281 g/mol. The Labute approximate surface area is 115 Å². The topological polar surface area (TPSA) is 66.4 Å². The Morgan fingerprint density at radius 2 is 2.26 bits per heavy atom. The Morgan fingerprint density at radius 3 is 2.79 bits per heavy atom. The van der Waals surface area contributed by atoms with Crippen molar-refractivity contribution in [3.8, 4) is 0 Å². The first-order valence-electron chi connectivity index (χ1n) is 6.76. The number of aliphatic hydroxyl groups excluding tert-OH is 1. The highest BCUT2D eigenvalue weighted by Gasteiger charge is 2.69. The smallest absolute Gasteiger partial charge is 0.244 e. The molecule has 1 fully saturated rings. The number of carbonyl (C=O) groups is 1. The predicted octanol–water partition coefficient (Wildman–Crippen LogP) is 0.997. The SMILES string of the molecule is CC1=C(C)S(=O)[C@@]2([C@@H](O)[C@@H]3C=CCCC3)C(=O)NC12. The summed E-state index contributed by atoms with van der Waals surface area (Å²) in [6.45, 7) is 3.69. The van der Waals surface area contributed by atoms with Crippen molar-refractivity contribution in [2.45, 2.75) is 50.0 Å². The van der Waals surface area contributed by atoms with E-state index in [9.17, 15) is 14.1 Å². The van der Waals surface area contributed by atoms with Crippen LogP contribution >= 0.6 is 0 Å². The van der Waals surface area contributed by atoms with E-state index in [1.54, 1.807) is 6.92 Å². The number of nitrogens with one attached hydrogen (secondary N) is 1. The number of allylic oxidation sites excluding steroid dienone is 2. The van der Waals surface area contributed by atoms with E-state index in [2.05, 4.69) is 5.32 Å². The van der Waals surface area contributed by atoms with Gasteiger partial charge in [0.2, 0.25) is 5.91 Å². The molecule has 2 N–H and O–H groups in total. The van der Waals surface area contributed by atoms with Crippen LogP contribution in [0.4, 0.5) is 0 Å². The fraction of sp³-hybridized carbons (Fsp3) is 0.643. The van der Waals surface area contributed by atoms with Crippen molar-refractivity contribution in [3.63, 3.8) is 0 Å². The summed E-state index contributed by atoms with van der Waals surface area (Å²) in [5, 5.41) is 13.5. The molecule has 0 saturated carbocycles. The minimum Gasteiger partial charge on any atom is -0.390 e. The predicted molar refractivity (Wildman–Crippen MR) is 73.7 cm³/mol. The van der Waals surface area contributed by atoms with Crippen molar-refractivity contribution >= 4 is 16.7 Å². The van der Waals surface area contributed by atoms with Crippen LogP contribution < -0.4 is 5.32 Å². The molecule has 5 heteroatoms. The summed E-state index contributed by atoms with van der Waals surface area (Å²) in [6.07, 6.45) is 6.05. The van der Waals surface area contributed by atoms with E-state index < -0.39 is 21.7 Å². The molecular formula is C14H19NO3S. The standard InChI is InChI=1S/C14H19NO3S/c1-8-9(2)19(18)14(11(8)15-13(14)17)12(16)10-6-4-3-5-7-10/h4,6,10-12,16H,3,5,7H2,1-2H3,(H,15,17)/t10-,11?,12+,14+,19?/m1/s1. The van der Waals surface area contributed by atoms with Crippen LogP contribution in [0.5, 0.6) is 0 Å². The van der Waals surface area contributed by atoms with Crippen molar-refractivity contribution in [3.05, 3.63) is 22.6 Å². The molecule has 0 aromatic heterocycles. The minimum absolute atomic E-state index is 0.0649. The fourth-order valence-electron chi connectivity index (χ4n) is 3.46. The van der Waals surface area contributed by atoms with E-state index in [1.807, 2.05) is 19.1 Å². The Bertz CT molecular complexity index is 525. The Hall–Kier alpha value is -0.940. The summed E-state index contributed by atoms with van der Waals surface area (Å²) < 4.78 is 11.5. The van der Waals surface area contributed by atoms with Gasteiger partial charge in [-0.2, -0.15) is 0 Å². The Balaban J connectivity index is 1.98. The van der Waals surface area contributed by atoms with Gasteiger partial charge in [-0.15, -0.1) is 0 Å². The first-order valence-corrected chi connectivity index (χ1v) is 7.91. The second-order valence-electron chi connectivity index (χ2n) is 5.68. The van der Waals surface area contributed by atoms with Crippen LogP contribution in [0.3, 0.4) is 0 Å². The van der Waals surface area contributed by atoms with Gasteiger partial charge in [-0.05, 0) is 38.7 Å². The van der Waals surface area contributed by atoms with Crippen LogP contribution in [0, 0.1) is 5.92 Å². The van der Waals surface area contributed by atoms with Gasteiger partial charge in [-0.1, -0.05) is 12.2 Å². The van der Waals surface area contributed by atoms with Crippen LogP contribution in [0.1, 0.15) is 33.1 Å². The van der Waals surface area contributed by atoms with Crippen LogP contribution in [0.15, 0.2) is 22.6 Å². The molecule has 3 aliphatic rings. The molecular weight excluding hydrogens is 262 g/mol. The van der Waals surface area contributed by atoms with E-state index in [1.165, 1.54) is 0 Å². The van der Waals surface area contributed by atoms with Gasteiger partial charge in [-0.25, -0.2) is 0 Å². The quantitative estimate of drug-likeness (QED) is 0.586. The molecule has 5 atom stereocenters. The highest BCUT2D eigenvalue weighted by molar-refractivity contribution is 7.91. The highest BCUT2D eigenvalue weighted by Crippen LogP contribution is 2.48. The maximum absolute atomic E-state index is 12.6. The summed E-state index contributed by atoms with van der Waals surface area (Å²) in [5.74, 6) is -0.330. The molecule has 0 aromatic rings. The number of amides is 1. The number of hydrogen-bond donors (Lipinski definition) is 2. The van der Waals surface area contributed by atoms with Crippen molar-refractivity contribution in [2.24, 2.45) is 5.92 Å². The first-order chi connectivity index (χ1) is 9.01. The molecule has 104 valence electrons. The minimum atomic E-state index is -1.42. The van der Waals surface area contributed by atoms with Crippen LogP contribution in [-0.2, 0) is 15.6 Å². The highest BCUT2D eigenvalue weighted by atomic mass is 32.2. The van der Waals surface area contributed by atoms with Gasteiger partial charge < -0.3 is 10.4 Å². The molecule has 2 heterocycles. The van der Waals surface area contributed by atoms with Crippen LogP contribution in [-0.4, -0.2) is 32.1 Å². The average molecular weight is 281 g/mol. The number of fused-ring (bicyclic) bond motifs is 1. The zero-order valence-corrected chi connectivity index (χ0v) is 12.0. The van der Waals surface area contributed by atoms with E-state index in [0.717, 1.165) is 29.7 Å². The van der Waals surface area contributed by atoms with Gasteiger partial charge in [0, 0.05) is 10.8 Å². The molecule has 0 spiro atoms. The van der Waals surface area contributed by atoms with E-state index in [-0.39, 0.29) is 17.9 Å². The van der Waals surface area contributed by atoms with E-state index in [4.69, 9.17) is 0 Å². The number of β-lactam (4-membered cyclic amide) rings is 1. The summed E-state index contributed by atoms with van der Waals surface area (Å²) in [5.41, 5.74) is 0.941. The van der Waals surface area contributed by atoms with E-state index in [0.29, 0.717) is 0 Å². The second kappa shape index (κ2) is 4.28. The number of carbonyl (C=O) groups excluding carboxylic acids is 1. The van der Waals surface area contributed by atoms with Gasteiger partial charge in [0.1, 0.15) is 0 Å². The summed E-state index contributed by atoms with van der Waals surface area (Å²) >= 11 is 0. The van der Waals surface area contributed by atoms with Gasteiger partial charge in [0.05, 0.1) is 22.9 Å². The van der Waals surface area contributed by atoms with Crippen molar-refractivity contribution < 1.29 is 14.1 Å². The molecule has 3 rings (SSSR count). The van der Waals surface area contributed by atoms with Gasteiger partial charge >= 0.3 is 0 Å². The molecule has 2 aliphatic heterocycles. The van der Waals surface area contributed by atoms with Crippen molar-refractivity contribution in [1.29, 1.82) is 0 Å². The maximum Gasteiger partial charge on any atom is 0.244 e. The first kappa shape index (κ1) is 13.1. The van der Waals surface area contributed by atoms with E-state index >= 15 is 0 Å². The number of hydrogen-bond acceptors (Lipinski definition) is 3. The third-order valence-corrected chi connectivity index (χ3v) is 6.92. The van der Waals surface area contributed by atoms with Crippen LogP contribution in [0.25, 0.3) is 0 Å².